The minimum atomic E-state index is 0.231. The van der Waals surface area contributed by atoms with Crippen molar-refractivity contribution in [3.63, 3.8) is 0 Å². The van der Waals surface area contributed by atoms with Crippen LogP contribution < -0.4 is 14.8 Å². The van der Waals surface area contributed by atoms with Gasteiger partial charge in [0.2, 0.25) is 0 Å². The molecular formula is C19H24NO3+. The van der Waals surface area contributed by atoms with Crippen LogP contribution in [-0.4, -0.2) is 24.9 Å². The molecule has 1 atom stereocenters. The fourth-order valence-electron chi connectivity index (χ4n) is 3.19. The second-order valence-corrected chi connectivity index (χ2v) is 5.71. The summed E-state index contributed by atoms with van der Waals surface area (Å²) in [4.78, 5) is 0. The quantitative estimate of drug-likeness (QED) is 0.891. The molecule has 0 amide bonds. The van der Waals surface area contributed by atoms with Crippen LogP contribution in [0.15, 0.2) is 36.4 Å². The zero-order chi connectivity index (χ0) is 16.2. The lowest BCUT2D eigenvalue weighted by Crippen LogP contribution is -2.87. The van der Waals surface area contributed by atoms with E-state index >= 15 is 0 Å². The van der Waals surface area contributed by atoms with Gasteiger partial charge in [0.05, 0.1) is 19.8 Å². The number of phenols is 1. The number of quaternary nitrogens is 1. The first-order chi connectivity index (χ1) is 11.2. The third-order valence-electron chi connectivity index (χ3n) is 4.21. The molecule has 2 aromatic carbocycles. The van der Waals surface area contributed by atoms with Crippen molar-refractivity contribution in [1.29, 1.82) is 0 Å². The van der Waals surface area contributed by atoms with Crippen LogP contribution >= 0.6 is 0 Å². The summed E-state index contributed by atoms with van der Waals surface area (Å²) in [7, 11) is 0. The van der Waals surface area contributed by atoms with Crippen molar-refractivity contribution in [2.24, 2.45) is 0 Å². The van der Waals surface area contributed by atoms with Crippen molar-refractivity contribution in [2.45, 2.75) is 26.3 Å². The van der Waals surface area contributed by atoms with Crippen molar-refractivity contribution >= 4 is 0 Å². The van der Waals surface area contributed by atoms with E-state index < -0.39 is 0 Å². The van der Waals surface area contributed by atoms with E-state index in [4.69, 9.17) is 9.47 Å². The first-order valence-corrected chi connectivity index (χ1v) is 8.27. The minimum absolute atomic E-state index is 0.231. The fraction of sp³-hybridized carbons (Fsp3) is 0.368. The number of nitrogens with two attached hydrogens (primary N) is 1. The molecule has 122 valence electrons. The first-order valence-electron chi connectivity index (χ1n) is 8.27. The SMILES string of the molecule is CCOc1cc2c(cc1OCC)[C@@H](c1ccc(O)cc1)[NH2+]CC2. The number of rotatable bonds is 5. The van der Waals surface area contributed by atoms with E-state index in [1.165, 1.54) is 16.7 Å². The molecule has 0 saturated heterocycles. The summed E-state index contributed by atoms with van der Waals surface area (Å²) in [5.74, 6) is 1.94. The maximum Gasteiger partial charge on any atom is 0.161 e. The summed E-state index contributed by atoms with van der Waals surface area (Å²) in [6.45, 7) is 6.26. The van der Waals surface area contributed by atoms with Gasteiger partial charge in [0.1, 0.15) is 11.8 Å². The third kappa shape index (κ3) is 3.27. The second-order valence-electron chi connectivity index (χ2n) is 5.71. The summed E-state index contributed by atoms with van der Waals surface area (Å²) in [6, 6.07) is 12.0. The molecule has 1 heterocycles. The molecule has 0 unspecified atom stereocenters. The van der Waals surface area contributed by atoms with Crippen molar-refractivity contribution in [1.82, 2.24) is 0 Å². The van der Waals surface area contributed by atoms with Gasteiger partial charge in [0, 0.05) is 17.5 Å². The molecule has 0 aliphatic carbocycles. The molecule has 0 saturated carbocycles. The number of aromatic hydroxyl groups is 1. The highest BCUT2D eigenvalue weighted by atomic mass is 16.5. The van der Waals surface area contributed by atoms with E-state index in [1.807, 2.05) is 26.0 Å². The van der Waals surface area contributed by atoms with Gasteiger partial charge in [-0.25, -0.2) is 0 Å². The van der Waals surface area contributed by atoms with E-state index in [9.17, 15) is 5.11 Å². The predicted octanol–water partition coefficient (Wildman–Crippen LogP) is 2.40. The monoisotopic (exact) mass is 314 g/mol. The third-order valence-corrected chi connectivity index (χ3v) is 4.21. The summed E-state index contributed by atoms with van der Waals surface area (Å²) >= 11 is 0. The Balaban J connectivity index is 2.02. The lowest BCUT2D eigenvalue weighted by Gasteiger charge is -2.26. The topological polar surface area (TPSA) is 55.3 Å². The number of phenolic OH excluding ortho intramolecular Hbond substituents is 1. The largest absolute Gasteiger partial charge is 0.508 e. The van der Waals surface area contributed by atoms with Crippen LogP contribution in [0.2, 0.25) is 0 Å². The fourth-order valence-corrected chi connectivity index (χ4v) is 3.19. The molecule has 1 aliphatic heterocycles. The van der Waals surface area contributed by atoms with Crippen LogP contribution in [0.1, 0.15) is 36.6 Å². The van der Waals surface area contributed by atoms with Crippen LogP contribution in [0.5, 0.6) is 17.2 Å². The average Bonchev–Trinajstić information content (AvgIpc) is 2.56. The number of ether oxygens (including phenoxy) is 2. The van der Waals surface area contributed by atoms with Crippen molar-refractivity contribution in [2.75, 3.05) is 19.8 Å². The number of hydrogen-bond donors (Lipinski definition) is 2. The van der Waals surface area contributed by atoms with E-state index in [0.717, 1.165) is 24.5 Å². The van der Waals surface area contributed by atoms with E-state index in [-0.39, 0.29) is 6.04 Å². The molecular weight excluding hydrogens is 290 g/mol. The Labute approximate surface area is 137 Å². The highest BCUT2D eigenvalue weighted by Gasteiger charge is 2.27. The van der Waals surface area contributed by atoms with Gasteiger partial charge in [-0.15, -0.1) is 0 Å². The molecule has 0 radical (unpaired) electrons. The Morgan fingerprint density at radius 3 is 2.35 bits per heavy atom. The molecule has 2 aromatic rings. The summed E-state index contributed by atoms with van der Waals surface area (Å²) in [6.07, 6.45) is 1.02. The van der Waals surface area contributed by atoms with Gasteiger partial charge in [0.25, 0.3) is 0 Å². The smallest absolute Gasteiger partial charge is 0.161 e. The molecule has 23 heavy (non-hydrogen) atoms. The average molecular weight is 314 g/mol. The lowest BCUT2D eigenvalue weighted by atomic mass is 9.89. The van der Waals surface area contributed by atoms with Crippen LogP contribution in [-0.2, 0) is 6.42 Å². The Kier molecular flexibility index (Phi) is 4.72. The molecule has 4 heteroatoms. The Bertz CT molecular complexity index is 667. The van der Waals surface area contributed by atoms with Crippen LogP contribution in [0, 0.1) is 0 Å². The molecule has 3 rings (SSSR count). The Hall–Kier alpha value is -2.20. The summed E-state index contributed by atoms with van der Waals surface area (Å²) in [5.41, 5.74) is 3.78. The minimum Gasteiger partial charge on any atom is -0.508 e. The summed E-state index contributed by atoms with van der Waals surface area (Å²) in [5, 5.41) is 11.9. The van der Waals surface area contributed by atoms with E-state index in [2.05, 4.69) is 17.4 Å². The van der Waals surface area contributed by atoms with Crippen molar-refractivity contribution in [3.05, 3.63) is 53.1 Å². The van der Waals surface area contributed by atoms with Gasteiger partial charge in [-0.05, 0) is 55.8 Å². The van der Waals surface area contributed by atoms with Crippen LogP contribution in [0.25, 0.3) is 0 Å². The van der Waals surface area contributed by atoms with Crippen molar-refractivity contribution < 1.29 is 19.9 Å². The molecule has 4 nitrogen and oxygen atoms in total. The highest BCUT2D eigenvalue weighted by molar-refractivity contribution is 5.50. The highest BCUT2D eigenvalue weighted by Crippen LogP contribution is 2.36. The van der Waals surface area contributed by atoms with E-state index in [1.54, 1.807) is 12.1 Å². The summed E-state index contributed by atoms with van der Waals surface area (Å²) < 4.78 is 11.5. The normalized spacial score (nSPS) is 16.7. The van der Waals surface area contributed by atoms with Gasteiger partial charge < -0.3 is 19.9 Å². The van der Waals surface area contributed by atoms with Gasteiger partial charge in [-0.3, -0.25) is 0 Å². The molecule has 0 spiro atoms. The second kappa shape index (κ2) is 6.92. The standard InChI is InChI=1S/C19H23NO3/c1-3-22-17-11-14-9-10-20-19(13-5-7-15(21)8-6-13)16(14)12-18(17)23-4-2/h5-8,11-12,19-21H,3-4,9-10H2,1-2H3/p+1/t19-/m1/s1. The Morgan fingerprint density at radius 1 is 1.04 bits per heavy atom. The van der Waals surface area contributed by atoms with Gasteiger partial charge in [0.15, 0.2) is 11.5 Å². The molecule has 3 N–H and O–H groups in total. The van der Waals surface area contributed by atoms with Crippen LogP contribution in [0.4, 0.5) is 0 Å². The van der Waals surface area contributed by atoms with Gasteiger partial charge in [-0.2, -0.15) is 0 Å². The Morgan fingerprint density at radius 2 is 1.70 bits per heavy atom. The lowest BCUT2D eigenvalue weighted by molar-refractivity contribution is -0.690. The molecule has 0 fully saturated rings. The molecule has 0 aromatic heterocycles. The number of fused-ring (bicyclic) bond motifs is 1. The van der Waals surface area contributed by atoms with E-state index in [0.29, 0.717) is 19.0 Å². The predicted molar refractivity (Wildman–Crippen MR) is 89.2 cm³/mol. The maximum absolute atomic E-state index is 9.51. The number of hydrogen-bond acceptors (Lipinski definition) is 3. The number of benzene rings is 2. The maximum atomic E-state index is 9.51. The van der Waals surface area contributed by atoms with Gasteiger partial charge >= 0.3 is 0 Å². The zero-order valence-electron chi connectivity index (χ0n) is 13.7. The molecule has 0 bridgehead atoms. The van der Waals surface area contributed by atoms with Crippen molar-refractivity contribution in [3.8, 4) is 17.2 Å². The molecule has 1 aliphatic rings. The first kappa shape index (κ1) is 15.7. The zero-order valence-corrected chi connectivity index (χ0v) is 13.7. The van der Waals surface area contributed by atoms with Crippen LogP contribution in [0.3, 0.4) is 0 Å². The van der Waals surface area contributed by atoms with Gasteiger partial charge in [-0.1, -0.05) is 0 Å².